The SMILES string of the molecule is CN1CCC[C@H]1CCNC(=O)Nc1cccc(S(N)(=O)=O)c1. The van der Waals surface area contributed by atoms with Crippen LogP contribution in [0.25, 0.3) is 0 Å². The van der Waals surface area contributed by atoms with E-state index in [0.29, 0.717) is 18.3 Å². The summed E-state index contributed by atoms with van der Waals surface area (Å²) in [6.45, 7) is 1.69. The van der Waals surface area contributed by atoms with E-state index in [0.717, 1.165) is 19.4 Å². The van der Waals surface area contributed by atoms with Gasteiger partial charge in [-0.3, -0.25) is 0 Å². The van der Waals surface area contributed by atoms with E-state index in [1.54, 1.807) is 6.07 Å². The van der Waals surface area contributed by atoms with Gasteiger partial charge in [-0.15, -0.1) is 0 Å². The summed E-state index contributed by atoms with van der Waals surface area (Å²) in [7, 11) is -1.68. The van der Waals surface area contributed by atoms with Gasteiger partial charge < -0.3 is 15.5 Å². The van der Waals surface area contributed by atoms with Gasteiger partial charge in [0, 0.05) is 18.3 Å². The number of rotatable bonds is 5. The van der Waals surface area contributed by atoms with E-state index >= 15 is 0 Å². The van der Waals surface area contributed by atoms with Crippen molar-refractivity contribution in [2.45, 2.75) is 30.2 Å². The van der Waals surface area contributed by atoms with Gasteiger partial charge in [0.2, 0.25) is 10.0 Å². The zero-order chi connectivity index (χ0) is 16.2. The molecule has 0 bridgehead atoms. The minimum atomic E-state index is -3.77. The van der Waals surface area contributed by atoms with Crippen LogP contribution in [0.1, 0.15) is 19.3 Å². The van der Waals surface area contributed by atoms with Crippen LogP contribution < -0.4 is 15.8 Å². The van der Waals surface area contributed by atoms with Crippen molar-refractivity contribution in [2.75, 3.05) is 25.5 Å². The molecule has 8 heteroatoms. The topological polar surface area (TPSA) is 105 Å². The Kier molecular flexibility index (Phi) is 5.38. The first-order valence-corrected chi connectivity index (χ1v) is 8.79. The molecular formula is C14H22N4O3S. The van der Waals surface area contributed by atoms with Gasteiger partial charge in [0.15, 0.2) is 0 Å². The van der Waals surface area contributed by atoms with E-state index in [4.69, 9.17) is 5.14 Å². The first kappa shape index (κ1) is 16.7. The molecule has 1 fully saturated rings. The van der Waals surface area contributed by atoms with Crippen LogP contribution in [0.15, 0.2) is 29.2 Å². The minimum absolute atomic E-state index is 0.0297. The van der Waals surface area contributed by atoms with Gasteiger partial charge in [-0.2, -0.15) is 0 Å². The lowest BCUT2D eigenvalue weighted by atomic mass is 10.1. The lowest BCUT2D eigenvalue weighted by Crippen LogP contribution is -2.34. The summed E-state index contributed by atoms with van der Waals surface area (Å²) in [5.41, 5.74) is 0.391. The van der Waals surface area contributed by atoms with Crippen LogP contribution in [0.2, 0.25) is 0 Å². The summed E-state index contributed by atoms with van der Waals surface area (Å²) in [6.07, 6.45) is 3.27. The monoisotopic (exact) mass is 326 g/mol. The van der Waals surface area contributed by atoms with Crippen molar-refractivity contribution >= 4 is 21.7 Å². The molecule has 1 atom stereocenters. The smallest absolute Gasteiger partial charge is 0.319 e. The van der Waals surface area contributed by atoms with Gasteiger partial charge in [-0.1, -0.05) is 6.07 Å². The maximum Gasteiger partial charge on any atom is 0.319 e. The Bertz CT molecular complexity index is 633. The number of nitrogens with zero attached hydrogens (tertiary/aromatic N) is 1. The molecule has 1 aromatic carbocycles. The number of hydrogen-bond acceptors (Lipinski definition) is 4. The van der Waals surface area contributed by atoms with E-state index in [1.165, 1.54) is 24.6 Å². The first-order chi connectivity index (χ1) is 10.4. The normalized spacial score (nSPS) is 19.1. The number of hydrogen-bond donors (Lipinski definition) is 3. The Balaban J connectivity index is 1.82. The summed E-state index contributed by atoms with van der Waals surface area (Å²) in [5, 5.41) is 10.4. The molecule has 22 heavy (non-hydrogen) atoms. The summed E-state index contributed by atoms with van der Waals surface area (Å²) < 4.78 is 22.5. The standard InChI is InChI=1S/C14H22N4O3S/c1-18-9-3-5-12(18)7-8-16-14(19)17-11-4-2-6-13(10-11)22(15,20)21/h2,4,6,10,12H,3,5,7-9H2,1H3,(H2,15,20,21)(H2,16,17,19)/t12-/m0/s1. The Morgan fingerprint density at radius 1 is 1.45 bits per heavy atom. The Morgan fingerprint density at radius 2 is 2.23 bits per heavy atom. The van der Waals surface area contributed by atoms with Gasteiger partial charge in [-0.25, -0.2) is 18.4 Å². The van der Waals surface area contributed by atoms with Crippen molar-refractivity contribution in [2.24, 2.45) is 5.14 Å². The molecule has 0 saturated carbocycles. The molecule has 1 aliphatic rings. The maximum absolute atomic E-state index is 11.8. The van der Waals surface area contributed by atoms with E-state index in [9.17, 15) is 13.2 Å². The molecule has 0 unspecified atom stereocenters. The molecule has 0 aliphatic carbocycles. The fourth-order valence-corrected chi connectivity index (χ4v) is 3.18. The second-order valence-electron chi connectivity index (χ2n) is 5.52. The van der Waals surface area contributed by atoms with Gasteiger partial charge >= 0.3 is 6.03 Å². The van der Waals surface area contributed by atoms with Gasteiger partial charge in [0.1, 0.15) is 0 Å². The number of benzene rings is 1. The van der Waals surface area contributed by atoms with Gasteiger partial charge in [0.05, 0.1) is 4.90 Å². The Morgan fingerprint density at radius 3 is 2.86 bits per heavy atom. The highest BCUT2D eigenvalue weighted by atomic mass is 32.2. The van der Waals surface area contributed by atoms with Crippen LogP contribution >= 0.6 is 0 Å². The number of anilines is 1. The molecule has 4 N–H and O–H groups in total. The van der Waals surface area contributed by atoms with Crippen LogP contribution in [0, 0.1) is 0 Å². The highest BCUT2D eigenvalue weighted by Crippen LogP contribution is 2.17. The molecule has 2 rings (SSSR count). The van der Waals surface area contributed by atoms with Crippen molar-refractivity contribution < 1.29 is 13.2 Å². The molecule has 1 saturated heterocycles. The third-order valence-corrected chi connectivity index (χ3v) is 4.77. The second-order valence-corrected chi connectivity index (χ2v) is 7.08. The van der Waals surface area contributed by atoms with E-state index in [1.807, 2.05) is 0 Å². The van der Waals surface area contributed by atoms with Crippen LogP contribution in [0.4, 0.5) is 10.5 Å². The summed E-state index contributed by atoms with van der Waals surface area (Å²) in [6, 6.07) is 6.02. The van der Waals surface area contributed by atoms with Crippen molar-refractivity contribution in [3.05, 3.63) is 24.3 Å². The largest absolute Gasteiger partial charge is 0.338 e. The number of nitrogens with one attached hydrogen (secondary N) is 2. The third kappa shape index (κ3) is 4.69. The molecule has 2 amide bonds. The van der Waals surface area contributed by atoms with E-state index < -0.39 is 10.0 Å². The van der Waals surface area contributed by atoms with Crippen molar-refractivity contribution in [3.8, 4) is 0 Å². The molecular weight excluding hydrogens is 304 g/mol. The molecule has 0 spiro atoms. The summed E-state index contributed by atoms with van der Waals surface area (Å²) in [5.74, 6) is 0. The number of likely N-dealkylation sites (tertiary alicyclic amines) is 1. The number of amides is 2. The van der Waals surface area contributed by atoms with Crippen LogP contribution in [-0.2, 0) is 10.0 Å². The lowest BCUT2D eigenvalue weighted by molar-refractivity contribution is 0.248. The fraction of sp³-hybridized carbons (Fsp3) is 0.500. The molecule has 122 valence electrons. The number of urea groups is 1. The molecule has 1 heterocycles. The molecule has 7 nitrogen and oxygen atoms in total. The highest BCUT2D eigenvalue weighted by molar-refractivity contribution is 7.89. The molecule has 1 aliphatic heterocycles. The van der Waals surface area contributed by atoms with Gasteiger partial charge in [-0.05, 0) is 51.1 Å². The summed E-state index contributed by atoms with van der Waals surface area (Å²) in [4.78, 5) is 14.1. The predicted octanol–water partition coefficient (Wildman–Crippen LogP) is 0.940. The van der Waals surface area contributed by atoms with Crippen molar-refractivity contribution in [1.29, 1.82) is 0 Å². The Hall–Kier alpha value is -1.64. The van der Waals surface area contributed by atoms with Crippen LogP contribution in [-0.4, -0.2) is 45.5 Å². The molecule has 1 aromatic rings. The van der Waals surface area contributed by atoms with Crippen LogP contribution in [0.3, 0.4) is 0 Å². The number of carbonyl (C=O) groups excluding carboxylic acids is 1. The number of primary sulfonamides is 1. The third-order valence-electron chi connectivity index (χ3n) is 3.86. The maximum atomic E-state index is 11.8. The Labute approximate surface area is 130 Å². The first-order valence-electron chi connectivity index (χ1n) is 7.24. The second kappa shape index (κ2) is 7.08. The van der Waals surface area contributed by atoms with Crippen LogP contribution in [0.5, 0.6) is 0 Å². The minimum Gasteiger partial charge on any atom is -0.338 e. The molecule has 0 radical (unpaired) electrons. The predicted molar refractivity (Wildman–Crippen MR) is 85.1 cm³/mol. The zero-order valence-corrected chi connectivity index (χ0v) is 13.4. The quantitative estimate of drug-likeness (QED) is 0.749. The summed E-state index contributed by atoms with van der Waals surface area (Å²) >= 11 is 0. The van der Waals surface area contributed by atoms with Crippen molar-refractivity contribution in [1.82, 2.24) is 10.2 Å². The lowest BCUT2D eigenvalue weighted by Gasteiger charge is -2.19. The van der Waals surface area contributed by atoms with Gasteiger partial charge in [0.25, 0.3) is 0 Å². The highest BCUT2D eigenvalue weighted by Gasteiger charge is 2.20. The average molecular weight is 326 g/mol. The van der Waals surface area contributed by atoms with Crippen molar-refractivity contribution in [3.63, 3.8) is 0 Å². The zero-order valence-electron chi connectivity index (χ0n) is 12.6. The average Bonchev–Trinajstić information content (AvgIpc) is 2.84. The van der Waals surface area contributed by atoms with E-state index in [2.05, 4.69) is 22.6 Å². The molecule has 0 aromatic heterocycles. The number of sulfonamides is 1. The van der Waals surface area contributed by atoms with E-state index in [-0.39, 0.29) is 10.9 Å². The fourth-order valence-electron chi connectivity index (χ4n) is 2.62. The number of carbonyl (C=O) groups is 1. The number of nitrogens with two attached hydrogens (primary N) is 1.